The van der Waals surface area contributed by atoms with E-state index in [1.165, 1.54) is 18.4 Å². The minimum absolute atomic E-state index is 0.0941. The fraction of sp³-hybridized carbons (Fsp3) is 0.368. The van der Waals surface area contributed by atoms with E-state index in [0.717, 1.165) is 34.6 Å². The molecule has 1 heterocycles. The second-order valence-electron chi connectivity index (χ2n) is 6.69. The predicted molar refractivity (Wildman–Crippen MR) is 118 cm³/mol. The van der Waals surface area contributed by atoms with Crippen molar-refractivity contribution >= 4 is 62.3 Å². The summed E-state index contributed by atoms with van der Waals surface area (Å²) >= 11 is 21.1. The molecule has 0 bridgehead atoms. The van der Waals surface area contributed by atoms with Gasteiger partial charge in [-0.15, -0.1) is 0 Å². The van der Waals surface area contributed by atoms with E-state index >= 15 is 0 Å². The molecule has 1 aliphatic rings. The lowest BCUT2D eigenvalue weighted by atomic mass is 9.79. The SMILES string of the molecule is Cc1nc(NC(=S)NCC2(c3ccc(Cl)cc3)CCCC2)c(Br)cc1Cl. The van der Waals surface area contributed by atoms with Crippen molar-refractivity contribution in [3.8, 4) is 0 Å². The number of halogens is 3. The Bertz CT molecular complexity index is 805. The molecular formula is C19H20BrCl2N3S. The Labute approximate surface area is 178 Å². The van der Waals surface area contributed by atoms with Crippen LogP contribution in [0.4, 0.5) is 5.82 Å². The van der Waals surface area contributed by atoms with E-state index in [-0.39, 0.29) is 5.41 Å². The first-order valence-corrected chi connectivity index (χ1v) is 10.5. The lowest BCUT2D eigenvalue weighted by Crippen LogP contribution is -2.41. The lowest BCUT2D eigenvalue weighted by molar-refractivity contribution is 0.435. The summed E-state index contributed by atoms with van der Waals surface area (Å²) in [5, 5.41) is 8.48. The number of aryl methyl sites for hydroxylation is 1. The minimum atomic E-state index is 0.0941. The Morgan fingerprint density at radius 3 is 2.54 bits per heavy atom. The third-order valence-electron chi connectivity index (χ3n) is 4.94. The molecule has 1 aliphatic carbocycles. The van der Waals surface area contributed by atoms with Crippen molar-refractivity contribution in [2.75, 3.05) is 11.9 Å². The molecule has 0 unspecified atom stereocenters. The first-order chi connectivity index (χ1) is 12.4. The number of hydrogen-bond donors (Lipinski definition) is 2. The predicted octanol–water partition coefficient (Wildman–Crippen LogP) is 6.26. The number of nitrogens with zero attached hydrogens (tertiary/aromatic N) is 1. The number of hydrogen-bond acceptors (Lipinski definition) is 2. The highest BCUT2D eigenvalue weighted by Crippen LogP contribution is 2.41. The topological polar surface area (TPSA) is 37.0 Å². The van der Waals surface area contributed by atoms with Crippen LogP contribution in [0.2, 0.25) is 10.0 Å². The molecule has 26 heavy (non-hydrogen) atoms. The van der Waals surface area contributed by atoms with Gasteiger partial charge in [-0.2, -0.15) is 0 Å². The highest BCUT2D eigenvalue weighted by molar-refractivity contribution is 9.10. The van der Waals surface area contributed by atoms with Crippen LogP contribution in [0.3, 0.4) is 0 Å². The van der Waals surface area contributed by atoms with Gasteiger partial charge >= 0.3 is 0 Å². The Kier molecular flexibility index (Phi) is 6.44. The van der Waals surface area contributed by atoms with Crippen molar-refractivity contribution in [1.82, 2.24) is 10.3 Å². The van der Waals surface area contributed by atoms with Gasteiger partial charge in [0.1, 0.15) is 5.82 Å². The van der Waals surface area contributed by atoms with Crippen LogP contribution in [0.1, 0.15) is 36.9 Å². The quantitative estimate of drug-likeness (QED) is 0.515. The molecule has 138 valence electrons. The van der Waals surface area contributed by atoms with Crippen LogP contribution in [0.15, 0.2) is 34.8 Å². The summed E-state index contributed by atoms with van der Waals surface area (Å²) in [6.07, 6.45) is 4.75. The first-order valence-electron chi connectivity index (χ1n) is 8.53. The van der Waals surface area contributed by atoms with Crippen LogP contribution in [0, 0.1) is 6.92 Å². The Morgan fingerprint density at radius 2 is 1.88 bits per heavy atom. The zero-order valence-electron chi connectivity index (χ0n) is 14.4. The maximum Gasteiger partial charge on any atom is 0.172 e. The number of benzene rings is 1. The van der Waals surface area contributed by atoms with Crippen LogP contribution < -0.4 is 10.6 Å². The molecule has 0 spiro atoms. The van der Waals surface area contributed by atoms with Crippen molar-refractivity contribution in [1.29, 1.82) is 0 Å². The van der Waals surface area contributed by atoms with Gasteiger partial charge in [0.05, 0.1) is 15.2 Å². The molecular weight excluding hydrogens is 453 g/mol. The molecule has 1 aromatic carbocycles. The van der Waals surface area contributed by atoms with E-state index in [4.69, 9.17) is 35.4 Å². The molecule has 0 radical (unpaired) electrons. The molecule has 3 nitrogen and oxygen atoms in total. The minimum Gasteiger partial charge on any atom is -0.362 e. The van der Waals surface area contributed by atoms with Crippen molar-refractivity contribution < 1.29 is 0 Å². The normalized spacial score (nSPS) is 15.7. The van der Waals surface area contributed by atoms with Crippen molar-refractivity contribution in [3.63, 3.8) is 0 Å². The molecule has 3 rings (SSSR count). The van der Waals surface area contributed by atoms with Gasteiger partial charge in [0, 0.05) is 17.0 Å². The van der Waals surface area contributed by atoms with Crippen molar-refractivity contribution in [3.05, 3.63) is 56.1 Å². The largest absolute Gasteiger partial charge is 0.362 e. The monoisotopic (exact) mass is 471 g/mol. The number of nitrogens with one attached hydrogen (secondary N) is 2. The van der Waals surface area contributed by atoms with Gasteiger partial charge in [-0.25, -0.2) is 4.98 Å². The van der Waals surface area contributed by atoms with Crippen molar-refractivity contribution in [2.24, 2.45) is 0 Å². The number of thiocarbonyl (C=S) groups is 1. The Balaban J connectivity index is 1.69. The molecule has 0 saturated heterocycles. The second kappa shape index (κ2) is 8.42. The Morgan fingerprint density at radius 1 is 1.23 bits per heavy atom. The van der Waals surface area contributed by atoms with Gasteiger partial charge in [-0.1, -0.05) is 48.2 Å². The van der Waals surface area contributed by atoms with Crippen LogP contribution in [-0.2, 0) is 5.41 Å². The number of aromatic nitrogens is 1. The summed E-state index contributed by atoms with van der Waals surface area (Å²) in [5.74, 6) is 0.663. The van der Waals surface area contributed by atoms with E-state index in [2.05, 4.69) is 43.7 Å². The highest BCUT2D eigenvalue weighted by Gasteiger charge is 2.35. The molecule has 0 atom stereocenters. The van der Waals surface area contributed by atoms with Gasteiger partial charge in [0.15, 0.2) is 5.11 Å². The third-order valence-corrected chi connectivity index (χ3v) is 6.43. The molecule has 0 amide bonds. The van der Waals surface area contributed by atoms with Gasteiger partial charge < -0.3 is 10.6 Å². The molecule has 7 heteroatoms. The summed E-state index contributed by atoms with van der Waals surface area (Å²) in [7, 11) is 0. The lowest BCUT2D eigenvalue weighted by Gasteiger charge is -2.30. The summed E-state index contributed by atoms with van der Waals surface area (Å²) in [4.78, 5) is 4.45. The molecule has 0 aliphatic heterocycles. The van der Waals surface area contributed by atoms with Gasteiger partial charge in [-0.05, 0) is 71.7 Å². The van der Waals surface area contributed by atoms with Crippen molar-refractivity contribution in [2.45, 2.75) is 38.0 Å². The van der Waals surface area contributed by atoms with E-state index in [9.17, 15) is 0 Å². The smallest absolute Gasteiger partial charge is 0.172 e. The van der Waals surface area contributed by atoms with Gasteiger partial charge in [0.2, 0.25) is 0 Å². The number of rotatable bonds is 4. The van der Waals surface area contributed by atoms with E-state index in [1.54, 1.807) is 0 Å². The highest BCUT2D eigenvalue weighted by atomic mass is 79.9. The maximum atomic E-state index is 6.09. The van der Waals surface area contributed by atoms with E-state index in [1.807, 2.05) is 25.1 Å². The molecule has 2 aromatic rings. The van der Waals surface area contributed by atoms with E-state index in [0.29, 0.717) is 16.0 Å². The molecule has 2 N–H and O–H groups in total. The molecule has 1 aromatic heterocycles. The molecule has 1 fully saturated rings. The standard InChI is InChI=1S/C19H20BrCl2N3S/c1-12-16(22)10-15(20)17(24-12)25-18(26)23-11-19(8-2-3-9-19)13-4-6-14(21)7-5-13/h4-7,10H,2-3,8-9,11H2,1H3,(H2,23,24,25,26). The summed E-state index contributed by atoms with van der Waals surface area (Å²) in [6.45, 7) is 2.65. The average molecular weight is 473 g/mol. The maximum absolute atomic E-state index is 6.09. The first kappa shape index (κ1) is 19.9. The number of anilines is 1. The van der Waals surface area contributed by atoms with Crippen LogP contribution in [0.5, 0.6) is 0 Å². The Hall–Kier alpha value is -0.880. The van der Waals surface area contributed by atoms with Crippen LogP contribution >= 0.6 is 51.3 Å². The third kappa shape index (κ3) is 4.50. The second-order valence-corrected chi connectivity index (χ2v) is 8.79. The van der Waals surface area contributed by atoms with Gasteiger partial charge in [-0.3, -0.25) is 0 Å². The summed E-state index contributed by atoms with van der Waals surface area (Å²) in [6, 6.07) is 10.0. The summed E-state index contributed by atoms with van der Waals surface area (Å²) < 4.78 is 0.783. The summed E-state index contributed by atoms with van der Waals surface area (Å²) in [5.41, 5.74) is 2.17. The number of pyridine rings is 1. The van der Waals surface area contributed by atoms with Crippen LogP contribution in [-0.4, -0.2) is 16.6 Å². The average Bonchev–Trinajstić information content (AvgIpc) is 3.09. The van der Waals surface area contributed by atoms with E-state index < -0.39 is 0 Å². The van der Waals surface area contributed by atoms with Gasteiger partial charge in [0.25, 0.3) is 0 Å². The fourth-order valence-corrected chi connectivity index (χ4v) is 4.46. The zero-order chi connectivity index (χ0) is 18.7. The fourth-order valence-electron chi connectivity index (χ4n) is 3.47. The molecule has 1 saturated carbocycles. The zero-order valence-corrected chi connectivity index (χ0v) is 18.3. The van der Waals surface area contributed by atoms with Crippen LogP contribution in [0.25, 0.3) is 0 Å².